The first-order valence-corrected chi connectivity index (χ1v) is 8.23. The van der Waals surface area contributed by atoms with Crippen LogP contribution in [0, 0.1) is 0 Å². The Kier molecular flexibility index (Phi) is 4.22. The SMILES string of the molecule is CC(c1ccc(-n2cncn2)cc1)N(C)c1ccc2nnc(C(F)F)n2n1. The number of fused-ring (bicyclic) bond motifs is 1. The van der Waals surface area contributed by atoms with E-state index >= 15 is 0 Å². The van der Waals surface area contributed by atoms with Crippen LogP contribution in [-0.2, 0) is 0 Å². The van der Waals surface area contributed by atoms with Gasteiger partial charge in [-0.1, -0.05) is 12.1 Å². The summed E-state index contributed by atoms with van der Waals surface area (Å²) >= 11 is 0. The molecule has 0 fully saturated rings. The van der Waals surface area contributed by atoms with E-state index in [9.17, 15) is 8.78 Å². The molecule has 0 aliphatic rings. The summed E-state index contributed by atoms with van der Waals surface area (Å²) in [6.07, 6.45) is 0.364. The Bertz CT molecular complexity index is 1040. The minimum Gasteiger partial charge on any atom is -0.351 e. The number of nitrogens with zero attached hydrogens (tertiary/aromatic N) is 8. The quantitative estimate of drug-likeness (QED) is 0.538. The highest BCUT2D eigenvalue weighted by Gasteiger charge is 2.19. The van der Waals surface area contributed by atoms with E-state index in [1.54, 1.807) is 23.1 Å². The highest BCUT2D eigenvalue weighted by molar-refractivity contribution is 5.47. The maximum atomic E-state index is 13.1. The Morgan fingerprint density at radius 3 is 2.48 bits per heavy atom. The monoisotopic (exact) mass is 370 g/mol. The first-order chi connectivity index (χ1) is 13.0. The molecule has 0 saturated carbocycles. The number of hydrogen-bond acceptors (Lipinski definition) is 6. The first kappa shape index (κ1) is 17.0. The van der Waals surface area contributed by atoms with E-state index in [0.29, 0.717) is 5.82 Å². The second-order valence-corrected chi connectivity index (χ2v) is 6.04. The fourth-order valence-corrected chi connectivity index (χ4v) is 2.79. The average molecular weight is 370 g/mol. The number of halogens is 2. The number of aromatic nitrogens is 7. The number of benzene rings is 1. The van der Waals surface area contributed by atoms with Crippen molar-refractivity contribution < 1.29 is 8.78 Å². The molecular weight excluding hydrogens is 354 g/mol. The number of hydrogen-bond donors (Lipinski definition) is 0. The van der Waals surface area contributed by atoms with Gasteiger partial charge in [0.05, 0.1) is 11.7 Å². The van der Waals surface area contributed by atoms with E-state index in [-0.39, 0.29) is 11.7 Å². The number of anilines is 1. The largest absolute Gasteiger partial charge is 0.351 e. The van der Waals surface area contributed by atoms with Gasteiger partial charge in [-0.15, -0.1) is 15.3 Å². The van der Waals surface area contributed by atoms with Crippen LogP contribution < -0.4 is 4.90 Å². The standard InChI is InChI=1S/C17H16F2N8/c1-11(12-3-5-13(6-4-12)26-10-20-9-21-26)25(2)15-8-7-14-22-23-17(16(18)19)27(14)24-15/h3-11,16H,1-2H3. The summed E-state index contributed by atoms with van der Waals surface area (Å²) < 4.78 is 28.9. The third-order valence-corrected chi connectivity index (χ3v) is 4.47. The lowest BCUT2D eigenvalue weighted by Crippen LogP contribution is -2.23. The molecule has 0 aliphatic carbocycles. The molecule has 1 atom stereocenters. The van der Waals surface area contributed by atoms with Crippen molar-refractivity contribution in [3.05, 3.63) is 60.4 Å². The molecule has 4 rings (SSSR count). The second kappa shape index (κ2) is 6.71. The fraction of sp³-hybridized carbons (Fsp3) is 0.235. The van der Waals surface area contributed by atoms with Gasteiger partial charge < -0.3 is 4.90 Å². The van der Waals surface area contributed by atoms with E-state index in [0.717, 1.165) is 15.8 Å². The lowest BCUT2D eigenvalue weighted by atomic mass is 10.1. The van der Waals surface area contributed by atoms with Gasteiger partial charge in [-0.05, 0) is 36.8 Å². The molecule has 3 heterocycles. The van der Waals surface area contributed by atoms with Crippen LogP contribution in [0.4, 0.5) is 14.6 Å². The zero-order valence-electron chi connectivity index (χ0n) is 14.6. The fourth-order valence-electron chi connectivity index (χ4n) is 2.79. The Morgan fingerprint density at radius 1 is 1.04 bits per heavy atom. The van der Waals surface area contributed by atoms with E-state index < -0.39 is 12.2 Å². The van der Waals surface area contributed by atoms with Gasteiger partial charge in [-0.2, -0.15) is 9.61 Å². The average Bonchev–Trinajstić information content (AvgIpc) is 3.36. The van der Waals surface area contributed by atoms with Crippen molar-refractivity contribution in [3.63, 3.8) is 0 Å². The molecule has 0 amide bonds. The predicted octanol–water partition coefficient (Wildman–Crippen LogP) is 2.84. The molecule has 0 spiro atoms. The van der Waals surface area contributed by atoms with Crippen LogP contribution in [0.2, 0.25) is 0 Å². The molecule has 10 heteroatoms. The molecule has 0 aliphatic heterocycles. The number of rotatable bonds is 5. The Balaban J connectivity index is 1.61. The van der Waals surface area contributed by atoms with Crippen LogP contribution in [0.5, 0.6) is 0 Å². The van der Waals surface area contributed by atoms with Gasteiger partial charge >= 0.3 is 0 Å². The van der Waals surface area contributed by atoms with Crippen molar-refractivity contribution in [2.75, 3.05) is 11.9 Å². The summed E-state index contributed by atoms with van der Waals surface area (Å²) in [6, 6.07) is 11.2. The molecule has 0 saturated heterocycles. The van der Waals surface area contributed by atoms with E-state index in [1.807, 2.05) is 43.1 Å². The molecule has 1 aromatic carbocycles. The molecule has 4 aromatic rings. The van der Waals surface area contributed by atoms with Crippen molar-refractivity contribution in [2.24, 2.45) is 0 Å². The van der Waals surface area contributed by atoms with Crippen LogP contribution in [0.15, 0.2) is 49.1 Å². The van der Waals surface area contributed by atoms with Gasteiger partial charge in [-0.3, -0.25) is 0 Å². The third kappa shape index (κ3) is 3.09. The van der Waals surface area contributed by atoms with Gasteiger partial charge in [0.25, 0.3) is 6.43 Å². The zero-order valence-corrected chi connectivity index (χ0v) is 14.6. The molecule has 0 radical (unpaired) electrons. The van der Waals surface area contributed by atoms with Crippen molar-refractivity contribution in [2.45, 2.75) is 19.4 Å². The smallest absolute Gasteiger partial charge is 0.299 e. The molecule has 1 unspecified atom stereocenters. The normalized spacial score (nSPS) is 12.6. The van der Waals surface area contributed by atoms with Gasteiger partial charge in [0, 0.05) is 7.05 Å². The van der Waals surface area contributed by atoms with E-state index in [4.69, 9.17) is 0 Å². The second-order valence-electron chi connectivity index (χ2n) is 6.04. The lowest BCUT2D eigenvalue weighted by Gasteiger charge is -2.26. The van der Waals surface area contributed by atoms with Crippen molar-refractivity contribution >= 4 is 11.5 Å². The summed E-state index contributed by atoms with van der Waals surface area (Å²) in [5, 5.41) is 15.6. The molecule has 0 bridgehead atoms. The molecule has 27 heavy (non-hydrogen) atoms. The van der Waals surface area contributed by atoms with E-state index in [2.05, 4.69) is 25.4 Å². The van der Waals surface area contributed by atoms with Crippen LogP contribution in [-0.4, -0.2) is 41.6 Å². The van der Waals surface area contributed by atoms with Crippen LogP contribution in [0.1, 0.15) is 30.8 Å². The van der Waals surface area contributed by atoms with Crippen molar-refractivity contribution in [1.29, 1.82) is 0 Å². The lowest BCUT2D eigenvalue weighted by molar-refractivity contribution is 0.137. The maximum Gasteiger partial charge on any atom is 0.299 e. The molecule has 0 N–H and O–H groups in total. The van der Waals surface area contributed by atoms with Crippen molar-refractivity contribution in [3.8, 4) is 5.69 Å². The molecule has 3 aromatic heterocycles. The van der Waals surface area contributed by atoms with E-state index in [1.165, 1.54) is 6.33 Å². The Labute approximate surface area is 153 Å². The summed E-state index contributed by atoms with van der Waals surface area (Å²) in [7, 11) is 1.86. The summed E-state index contributed by atoms with van der Waals surface area (Å²) in [5.74, 6) is 0.0714. The summed E-state index contributed by atoms with van der Waals surface area (Å²) in [4.78, 5) is 5.84. The van der Waals surface area contributed by atoms with Gasteiger partial charge in [0.2, 0.25) is 5.82 Å². The highest BCUT2D eigenvalue weighted by Crippen LogP contribution is 2.25. The molecule has 8 nitrogen and oxygen atoms in total. The maximum absolute atomic E-state index is 13.1. The Hall–Kier alpha value is -3.43. The summed E-state index contributed by atoms with van der Waals surface area (Å²) in [5.41, 5.74) is 2.23. The summed E-state index contributed by atoms with van der Waals surface area (Å²) in [6.45, 7) is 2.01. The zero-order chi connectivity index (χ0) is 19.0. The molecule has 138 valence electrons. The molecular formula is C17H16F2N8. The first-order valence-electron chi connectivity index (χ1n) is 8.23. The minimum absolute atomic E-state index is 0.0359. The predicted molar refractivity (Wildman–Crippen MR) is 93.9 cm³/mol. The van der Waals surface area contributed by atoms with Crippen LogP contribution >= 0.6 is 0 Å². The number of alkyl halides is 2. The van der Waals surface area contributed by atoms with Gasteiger partial charge in [0.15, 0.2) is 5.65 Å². The Morgan fingerprint density at radius 2 is 1.81 bits per heavy atom. The van der Waals surface area contributed by atoms with Crippen LogP contribution in [0.25, 0.3) is 11.3 Å². The highest BCUT2D eigenvalue weighted by atomic mass is 19.3. The van der Waals surface area contributed by atoms with Crippen LogP contribution in [0.3, 0.4) is 0 Å². The third-order valence-electron chi connectivity index (χ3n) is 4.47. The topological polar surface area (TPSA) is 77.0 Å². The van der Waals surface area contributed by atoms with Crippen molar-refractivity contribution in [1.82, 2.24) is 34.6 Å². The van der Waals surface area contributed by atoms with Gasteiger partial charge in [-0.25, -0.2) is 18.4 Å². The van der Waals surface area contributed by atoms with Gasteiger partial charge in [0.1, 0.15) is 18.5 Å². The minimum atomic E-state index is -2.74.